The van der Waals surface area contributed by atoms with Gasteiger partial charge in [0.15, 0.2) is 0 Å². The standard InChI is InChI=1S/C19H28N2O3/c1-7-21(8-2)13(5)17-15(23-6)11-10-14-18(17)16(12(4)20-14)19(22)24-9-3/h10-11,13,20H,7-9H2,1-6H3. The number of H-pyrrole nitrogens is 1. The van der Waals surface area contributed by atoms with E-state index < -0.39 is 0 Å². The first-order valence-corrected chi connectivity index (χ1v) is 8.60. The Bertz CT molecular complexity index is 717. The number of fused-ring (bicyclic) bond motifs is 1. The second-order valence-corrected chi connectivity index (χ2v) is 5.85. The van der Waals surface area contributed by atoms with E-state index in [9.17, 15) is 4.79 Å². The number of esters is 1. The number of nitrogens with one attached hydrogen (secondary N) is 1. The van der Waals surface area contributed by atoms with Crippen molar-refractivity contribution < 1.29 is 14.3 Å². The lowest BCUT2D eigenvalue weighted by Gasteiger charge is -2.28. The highest BCUT2D eigenvalue weighted by molar-refractivity contribution is 6.07. The van der Waals surface area contributed by atoms with Gasteiger partial charge < -0.3 is 14.5 Å². The van der Waals surface area contributed by atoms with Crippen molar-refractivity contribution in [2.45, 2.75) is 40.7 Å². The van der Waals surface area contributed by atoms with Gasteiger partial charge in [-0.15, -0.1) is 0 Å². The van der Waals surface area contributed by atoms with Crippen LogP contribution in [0.1, 0.15) is 55.4 Å². The first kappa shape index (κ1) is 18.3. The summed E-state index contributed by atoms with van der Waals surface area (Å²) in [7, 11) is 1.67. The molecule has 1 N–H and O–H groups in total. The molecule has 0 saturated carbocycles. The van der Waals surface area contributed by atoms with Gasteiger partial charge >= 0.3 is 5.97 Å². The zero-order valence-electron chi connectivity index (χ0n) is 15.5. The van der Waals surface area contributed by atoms with E-state index in [0.717, 1.165) is 41.0 Å². The molecule has 1 aromatic heterocycles. The zero-order chi connectivity index (χ0) is 17.9. The van der Waals surface area contributed by atoms with Gasteiger partial charge in [-0.25, -0.2) is 4.79 Å². The molecule has 1 unspecified atom stereocenters. The lowest BCUT2D eigenvalue weighted by molar-refractivity contribution is 0.0528. The van der Waals surface area contributed by atoms with Crippen LogP contribution < -0.4 is 4.74 Å². The van der Waals surface area contributed by atoms with Crippen molar-refractivity contribution in [1.29, 1.82) is 0 Å². The monoisotopic (exact) mass is 332 g/mol. The van der Waals surface area contributed by atoms with Crippen LogP contribution in [0.5, 0.6) is 5.75 Å². The fourth-order valence-electron chi connectivity index (χ4n) is 3.43. The Hall–Kier alpha value is -2.01. The molecule has 0 aliphatic carbocycles. The van der Waals surface area contributed by atoms with Gasteiger partial charge in [-0.2, -0.15) is 0 Å². The molecule has 1 atom stereocenters. The van der Waals surface area contributed by atoms with Crippen LogP contribution in [-0.2, 0) is 4.74 Å². The Balaban J connectivity index is 2.76. The summed E-state index contributed by atoms with van der Waals surface area (Å²) in [5, 5.41) is 0.907. The number of benzene rings is 1. The molecular weight excluding hydrogens is 304 g/mol. The van der Waals surface area contributed by atoms with E-state index in [4.69, 9.17) is 9.47 Å². The summed E-state index contributed by atoms with van der Waals surface area (Å²) in [6, 6.07) is 4.05. The highest BCUT2D eigenvalue weighted by atomic mass is 16.5. The third-order valence-corrected chi connectivity index (χ3v) is 4.63. The molecule has 5 nitrogen and oxygen atoms in total. The van der Waals surface area contributed by atoms with Crippen molar-refractivity contribution in [3.8, 4) is 5.75 Å². The number of nitrogens with zero attached hydrogens (tertiary/aromatic N) is 1. The summed E-state index contributed by atoms with van der Waals surface area (Å²) >= 11 is 0. The highest BCUT2D eigenvalue weighted by Crippen LogP contribution is 2.38. The molecule has 0 aliphatic rings. The van der Waals surface area contributed by atoms with Crippen LogP contribution in [0.15, 0.2) is 12.1 Å². The number of methoxy groups -OCH3 is 1. The van der Waals surface area contributed by atoms with Crippen LogP contribution in [-0.4, -0.2) is 42.7 Å². The summed E-state index contributed by atoms with van der Waals surface area (Å²) < 4.78 is 10.9. The van der Waals surface area contributed by atoms with E-state index in [1.54, 1.807) is 7.11 Å². The van der Waals surface area contributed by atoms with Gasteiger partial charge in [-0.1, -0.05) is 13.8 Å². The van der Waals surface area contributed by atoms with Gasteiger partial charge in [0.1, 0.15) is 5.75 Å². The fourth-order valence-corrected chi connectivity index (χ4v) is 3.43. The van der Waals surface area contributed by atoms with Crippen LogP contribution in [0.2, 0.25) is 0 Å². The molecule has 0 fully saturated rings. The Morgan fingerprint density at radius 1 is 1.25 bits per heavy atom. The Kier molecular flexibility index (Phi) is 5.89. The maximum Gasteiger partial charge on any atom is 0.340 e. The van der Waals surface area contributed by atoms with Gasteiger partial charge in [0.25, 0.3) is 0 Å². The van der Waals surface area contributed by atoms with E-state index in [-0.39, 0.29) is 12.0 Å². The van der Waals surface area contributed by atoms with Crippen LogP contribution in [0.4, 0.5) is 0 Å². The molecule has 0 spiro atoms. The van der Waals surface area contributed by atoms with Crippen LogP contribution in [0.25, 0.3) is 10.9 Å². The van der Waals surface area contributed by atoms with Gasteiger partial charge in [-0.3, -0.25) is 4.90 Å². The zero-order valence-corrected chi connectivity index (χ0v) is 15.5. The first-order chi connectivity index (χ1) is 11.5. The summed E-state index contributed by atoms with van der Waals surface area (Å²) in [4.78, 5) is 18.2. The molecule has 0 bridgehead atoms. The summed E-state index contributed by atoms with van der Waals surface area (Å²) in [6.07, 6.45) is 0. The van der Waals surface area contributed by atoms with Gasteiger partial charge in [0, 0.05) is 28.2 Å². The van der Waals surface area contributed by atoms with E-state index in [0.29, 0.717) is 12.2 Å². The molecule has 2 aromatic rings. The van der Waals surface area contributed by atoms with Crippen molar-refractivity contribution in [2.75, 3.05) is 26.8 Å². The molecule has 5 heteroatoms. The van der Waals surface area contributed by atoms with E-state index in [1.165, 1.54) is 0 Å². The van der Waals surface area contributed by atoms with E-state index >= 15 is 0 Å². The molecule has 24 heavy (non-hydrogen) atoms. The molecule has 132 valence electrons. The molecular formula is C19H28N2O3. The second-order valence-electron chi connectivity index (χ2n) is 5.85. The number of carbonyl (C=O) groups is 1. The average Bonchev–Trinajstić information content (AvgIpc) is 2.90. The largest absolute Gasteiger partial charge is 0.496 e. The van der Waals surface area contributed by atoms with E-state index in [2.05, 4.69) is 30.7 Å². The van der Waals surface area contributed by atoms with Crippen molar-refractivity contribution in [3.63, 3.8) is 0 Å². The number of carbonyl (C=O) groups excluding carboxylic acids is 1. The van der Waals surface area contributed by atoms with Crippen LogP contribution in [0.3, 0.4) is 0 Å². The lowest BCUT2D eigenvalue weighted by Crippen LogP contribution is -2.27. The SMILES string of the molecule is CCOC(=O)c1c(C)[nH]c2ccc(OC)c(C(C)N(CC)CC)c12. The lowest BCUT2D eigenvalue weighted by atomic mass is 9.97. The minimum absolute atomic E-state index is 0.127. The summed E-state index contributed by atoms with van der Waals surface area (Å²) in [5.74, 6) is 0.508. The Labute approximate surface area is 143 Å². The van der Waals surface area contributed by atoms with Crippen LogP contribution >= 0.6 is 0 Å². The third-order valence-electron chi connectivity index (χ3n) is 4.63. The topological polar surface area (TPSA) is 54.6 Å². The number of ether oxygens (including phenoxy) is 2. The number of hydrogen-bond donors (Lipinski definition) is 1. The maximum absolute atomic E-state index is 12.5. The number of rotatable bonds is 7. The van der Waals surface area contributed by atoms with Gasteiger partial charge in [-0.05, 0) is 46.0 Å². The number of aromatic nitrogens is 1. The van der Waals surface area contributed by atoms with Crippen molar-refractivity contribution in [3.05, 3.63) is 29.0 Å². The molecule has 1 heterocycles. The third kappa shape index (κ3) is 3.13. The van der Waals surface area contributed by atoms with Crippen molar-refractivity contribution in [2.24, 2.45) is 0 Å². The molecule has 0 aliphatic heterocycles. The second kappa shape index (κ2) is 7.71. The average molecular weight is 332 g/mol. The molecule has 2 rings (SSSR count). The van der Waals surface area contributed by atoms with E-state index in [1.807, 2.05) is 26.0 Å². The van der Waals surface area contributed by atoms with Crippen LogP contribution in [0, 0.1) is 6.92 Å². The maximum atomic E-state index is 12.5. The minimum Gasteiger partial charge on any atom is -0.496 e. The van der Waals surface area contributed by atoms with Crippen molar-refractivity contribution >= 4 is 16.9 Å². The van der Waals surface area contributed by atoms with Gasteiger partial charge in [0.05, 0.1) is 19.3 Å². The highest BCUT2D eigenvalue weighted by Gasteiger charge is 2.26. The molecule has 1 aromatic carbocycles. The summed E-state index contributed by atoms with van der Waals surface area (Å²) in [6.45, 7) is 12.4. The number of hydrogen-bond acceptors (Lipinski definition) is 4. The fraction of sp³-hybridized carbons (Fsp3) is 0.526. The molecule has 0 amide bonds. The van der Waals surface area contributed by atoms with Gasteiger partial charge in [0.2, 0.25) is 0 Å². The van der Waals surface area contributed by atoms with Crippen molar-refractivity contribution in [1.82, 2.24) is 9.88 Å². The Morgan fingerprint density at radius 2 is 1.92 bits per heavy atom. The number of aryl methyl sites for hydroxylation is 1. The normalized spacial score (nSPS) is 12.6. The predicted octanol–water partition coefficient (Wildman–Crippen LogP) is 4.06. The smallest absolute Gasteiger partial charge is 0.340 e. The molecule has 0 radical (unpaired) electrons. The number of aromatic amines is 1. The summed E-state index contributed by atoms with van der Waals surface area (Å²) in [5.41, 5.74) is 3.40. The predicted molar refractivity (Wildman–Crippen MR) is 96.9 cm³/mol. The Morgan fingerprint density at radius 3 is 2.46 bits per heavy atom. The quantitative estimate of drug-likeness (QED) is 0.777. The molecule has 0 saturated heterocycles. The first-order valence-electron chi connectivity index (χ1n) is 8.60. The minimum atomic E-state index is -0.289.